The molecule has 10 nitrogen and oxygen atoms in total. The van der Waals surface area contributed by atoms with E-state index in [1.807, 2.05) is 52.1 Å². The Bertz CT molecular complexity index is 1700. The Morgan fingerprint density at radius 3 is 2.65 bits per heavy atom. The van der Waals surface area contributed by atoms with E-state index in [2.05, 4.69) is 55.8 Å². The topological polar surface area (TPSA) is 136 Å². The number of pyridine rings is 1. The van der Waals surface area contributed by atoms with Crippen LogP contribution in [0, 0.1) is 19.3 Å². The van der Waals surface area contributed by atoms with E-state index in [0.29, 0.717) is 42.1 Å². The maximum Gasteiger partial charge on any atom is 0.231 e. The van der Waals surface area contributed by atoms with Crippen molar-refractivity contribution in [3.05, 3.63) is 88.9 Å². The number of ether oxygens (including phenoxy) is 1. The molecule has 1 unspecified atom stereocenters. The number of amides is 1. The van der Waals surface area contributed by atoms with Crippen LogP contribution in [0.5, 0.6) is 5.88 Å². The third-order valence-corrected chi connectivity index (χ3v) is 10.1. The summed E-state index contributed by atoms with van der Waals surface area (Å²) in [5.74, 6) is 6.44. The molecular formula is C34H42N8O2S2. The number of hydrogen-bond acceptors (Lipinski definition) is 11. The second kappa shape index (κ2) is 14.3. The summed E-state index contributed by atoms with van der Waals surface area (Å²) in [6.07, 6.45) is 6.94. The lowest BCUT2D eigenvalue weighted by atomic mass is 9.69. The fourth-order valence-corrected chi connectivity index (χ4v) is 6.98. The lowest BCUT2D eigenvalue weighted by Crippen LogP contribution is -2.37. The average molecular weight is 659 g/mol. The Hall–Kier alpha value is -3.84. The number of nitrogens with zero attached hydrogens (tertiary/aromatic N) is 5. The van der Waals surface area contributed by atoms with Crippen LogP contribution in [0.15, 0.2) is 71.1 Å². The first-order chi connectivity index (χ1) is 22.0. The molecule has 0 fully saturated rings. The average Bonchev–Trinajstić information content (AvgIpc) is 3.26. The molecule has 2 aromatic heterocycles. The van der Waals surface area contributed by atoms with Crippen molar-refractivity contribution in [3.8, 4) is 5.88 Å². The van der Waals surface area contributed by atoms with Crippen LogP contribution in [-0.4, -0.2) is 51.1 Å². The third-order valence-electron chi connectivity index (χ3n) is 8.47. The van der Waals surface area contributed by atoms with E-state index >= 15 is 0 Å². The maximum absolute atomic E-state index is 14.2. The van der Waals surface area contributed by atoms with E-state index in [1.165, 1.54) is 22.9 Å². The second-order valence-electron chi connectivity index (χ2n) is 11.9. The van der Waals surface area contributed by atoms with Crippen molar-refractivity contribution in [2.45, 2.75) is 57.1 Å². The van der Waals surface area contributed by atoms with Crippen molar-refractivity contribution in [1.82, 2.24) is 19.3 Å². The predicted octanol–water partition coefficient (Wildman–Crippen LogP) is 6.19. The number of carbonyl (C=O) groups excluding carboxylic acids is 1. The lowest BCUT2D eigenvalue weighted by Gasteiger charge is -2.36. The van der Waals surface area contributed by atoms with Gasteiger partial charge in [0, 0.05) is 31.7 Å². The quantitative estimate of drug-likeness (QED) is 0.0449. The Kier molecular flexibility index (Phi) is 10.4. The summed E-state index contributed by atoms with van der Waals surface area (Å²) in [7, 11) is 0. The van der Waals surface area contributed by atoms with Gasteiger partial charge < -0.3 is 20.8 Å². The van der Waals surface area contributed by atoms with E-state index in [1.54, 1.807) is 35.5 Å². The Morgan fingerprint density at radius 2 is 1.93 bits per heavy atom. The minimum absolute atomic E-state index is 0.152. The molecule has 1 aliphatic heterocycles. The first-order valence-corrected chi connectivity index (χ1v) is 17.2. The standard InChI is InChI=1S/C34H42N8O2S2/c1-7-42(36)27-13-12-26(22(3)30(27)35)29(34(4,5)32(43)40-25-18-38-33(45-6)39-19-25)23-11-10-21(2)24(17-23)20-41-15-16-44-31-28(46-41)9-8-14-37-31/h8-14,17-19,29H,7,15-16,20,35-36H2,1-6H3,(H,40,43). The van der Waals surface area contributed by atoms with E-state index in [4.69, 9.17) is 16.3 Å². The van der Waals surface area contributed by atoms with E-state index in [-0.39, 0.29) is 11.8 Å². The lowest BCUT2D eigenvalue weighted by molar-refractivity contribution is -0.124. The number of nitrogens with one attached hydrogen (secondary N) is 1. The normalized spacial score (nSPS) is 14.2. The Balaban J connectivity index is 1.55. The zero-order valence-electron chi connectivity index (χ0n) is 27.2. The number of nitrogen functional groups attached to an aromatic ring is 1. The molecule has 4 aromatic rings. The number of benzene rings is 2. The molecule has 242 valence electrons. The minimum Gasteiger partial charge on any atom is -0.475 e. The van der Waals surface area contributed by atoms with Gasteiger partial charge in [-0.25, -0.2) is 25.1 Å². The van der Waals surface area contributed by atoms with Gasteiger partial charge in [-0.1, -0.05) is 49.9 Å². The molecule has 46 heavy (non-hydrogen) atoms. The number of nitrogens with two attached hydrogens (primary N) is 2. The molecule has 1 aliphatic rings. The summed E-state index contributed by atoms with van der Waals surface area (Å²) in [5, 5.41) is 5.35. The van der Waals surface area contributed by atoms with Gasteiger partial charge in [0.2, 0.25) is 11.8 Å². The van der Waals surface area contributed by atoms with Crippen molar-refractivity contribution < 1.29 is 9.53 Å². The third kappa shape index (κ3) is 7.10. The van der Waals surface area contributed by atoms with E-state index in [0.717, 1.165) is 33.8 Å². The smallest absolute Gasteiger partial charge is 0.231 e. The molecule has 1 amide bonds. The first-order valence-electron chi connectivity index (χ1n) is 15.2. The van der Waals surface area contributed by atoms with Crippen LogP contribution in [0.3, 0.4) is 0 Å². The van der Waals surface area contributed by atoms with Gasteiger partial charge in [-0.3, -0.25) is 4.79 Å². The number of hydrazine groups is 1. The van der Waals surface area contributed by atoms with Crippen LogP contribution in [-0.2, 0) is 11.3 Å². The van der Waals surface area contributed by atoms with Crippen LogP contribution in [0.25, 0.3) is 0 Å². The highest BCUT2D eigenvalue weighted by molar-refractivity contribution is 7.98. The number of aromatic nitrogens is 3. The van der Waals surface area contributed by atoms with Crippen LogP contribution < -0.4 is 26.6 Å². The van der Waals surface area contributed by atoms with Crippen LogP contribution >= 0.6 is 23.7 Å². The molecule has 1 atom stereocenters. The molecule has 12 heteroatoms. The highest BCUT2D eigenvalue weighted by Crippen LogP contribution is 2.46. The highest BCUT2D eigenvalue weighted by atomic mass is 32.2. The number of aryl methyl sites for hydroxylation is 1. The summed E-state index contributed by atoms with van der Waals surface area (Å²) in [5.41, 5.74) is 12.9. The minimum atomic E-state index is -0.910. The van der Waals surface area contributed by atoms with Crippen LogP contribution in [0.1, 0.15) is 54.5 Å². The number of fused-ring (bicyclic) bond motifs is 1. The van der Waals surface area contributed by atoms with Crippen molar-refractivity contribution in [2.24, 2.45) is 11.3 Å². The van der Waals surface area contributed by atoms with Gasteiger partial charge in [-0.2, -0.15) is 0 Å². The van der Waals surface area contributed by atoms with Crippen LogP contribution in [0.2, 0.25) is 0 Å². The number of hydrogen-bond donors (Lipinski definition) is 3. The molecule has 2 aromatic carbocycles. The Morgan fingerprint density at radius 1 is 1.17 bits per heavy atom. The summed E-state index contributed by atoms with van der Waals surface area (Å²) in [6, 6.07) is 14.5. The molecule has 0 spiro atoms. The molecule has 0 radical (unpaired) electrons. The molecular weight excluding hydrogens is 617 g/mol. The predicted molar refractivity (Wildman–Crippen MR) is 188 cm³/mol. The fraction of sp³-hybridized carbons (Fsp3) is 0.353. The zero-order valence-corrected chi connectivity index (χ0v) is 28.8. The largest absolute Gasteiger partial charge is 0.475 e. The second-order valence-corrected chi connectivity index (χ2v) is 13.8. The number of thioether (sulfide) groups is 1. The van der Waals surface area contributed by atoms with Gasteiger partial charge in [-0.05, 0) is 85.0 Å². The van der Waals surface area contributed by atoms with Gasteiger partial charge in [0.15, 0.2) is 5.16 Å². The molecule has 0 bridgehead atoms. The van der Waals surface area contributed by atoms with Gasteiger partial charge in [0.1, 0.15) is 6.61 Å². The maximum atomic E-state index is 14.2. The summed E-state index contributed by atoms with van der Waals surface area (Å²) >= 11 is 3.10. The van der Waals surface area contributed by atoms with Crippen molar-refractivity contribution in [3.63, 3.8) is 0 Å². The van der Waals surface area contributed by atoms with Crippen molar-refractivity contribution in [1.29, 1.82) is 0 Å². The highest BCUT2D eigenvalue weighted by Gasteiger charge is 2.40. The van der Waals surface area contributed by atoms with Gasteiger partial charge in [0.25, 0.3) is 0 Å². The molecule has 0 saturated heterocycles. The van der Waals surface area contributed by atoms with Crippen molar-refractivity contribution >= 4 is 46.7 Å². The fourth-order valence-electron chi connectivity index (χ4n) is 5.68. The SMILES string of the molecule is CCN(N)c1ccc(C(c2ccc(C)c(CN3CCOc4ncccc4S3)c2)C(C)(C)C(=O)Nc2cnc(SC)nc2)c(C)c1N. The summed E-state index contributed by atoms with van der Waals surface area (Å²) in [4.78, 5) is 28.2. The molecule has 3 heterocycles. The molecule has 5 rings (SSSR count). The van der Waals surface area contributed by atoms with Gasteiger partial charge >= 0.3 is 0 Å². The number of carbonyl (C=O) groups is 1. The molecule has 0 aliphatic carbocycles. The molecule has 5 N–H and O–H groups in total. The van der Waals surface area contributed by atoms with E-state index < -0.39 is 5.41 Å². The van der Waals surface area contributed by atoms with E-state index in [9.17, 15) is 4.79 Å². The van der Waals surface area contributed by atoms with Crippen LogP contribution in [0.4, 0.5) is 17.1 Å². The summed E-state index contributed by atoms with van der Waals surface area (Å²) in [6.45, 7) is 12.6. The summed E-state index contributed by atoms with van der Waals surface area (Å²) < 4.78 is 8.20. The Labute approximate surface area is 279 Å². The monoisotopic (exact) mass is 658 g/mol. The number of rotatable bonds is 10. The van der Waals surface area contributed by atoms with Gasteiger partial charge in [-0.15, -0.1) is 0 Å². The van der Waals surface area contributed by atoms with Crippen molar-refractivity contribution in [2.75, 3.05) is 42.0 Å². The number of anilines is 3. The first kappa shape index (κ1) is 33.5. The van der Waals surface area contributed by atoms with Gasteiger partial charge in [0.05, 0.1) is 39.8 Å². The zero-order chi connectivity index (χ0) is 33.0. The molecule has 0 saturated carbocycles.